The number of carbonyl (C=O) groups is 3. The Kier molecular flexibility index (Phi) is 13.1. The molecule has 6 rings (SSSR count). The van der Waals surface area contributed by atoms with Crippen molar-refractivity contribution in [2.45, 2.75) is 77.6 Å². The monoisotopic (exact) mass is 773 g/mol. The third-order valence-electron chi connectivity index (χ3n) is 8.81. The fourth-order valence-corrected chi connectivity index (χ4v) is 5.81. The Morgan fingerprint density at radius 2 is 1.60 bits per heavy atom. The number of fused-ring (bicyclic) bond motifs is 10. The van der Waals surface area contributed by atoms with Crippen molar-refractivity contribution in [1.82, 2.24) is 25.2 Å². The number of carbonyl (C=O) groups excluding carboxylic acids is 2. The second kappa shape index (κ2) is 17.7. The molecule has 1 fully saturated rings. The number of piperidine rings is 1. The van der Waals surface area contributed by atoms with Crippen molar-refractivity contribution in [2.75, 3.05) is 50.1 Å². The molecule has 3 aliphatic rings. The van der Waals surface area contributed by atoms with E-state index in [1.165, 1.54) is 23.1 Å². The standard InChI is InChI=1S/C37H46F3N7O8/c1-35(2,3)55-34(51)47-16-14-36(15-17-47,30(49)50)22-42-29(48)27-13-10-25-20-28(27)53-19-7-5-4-6-18-52-26-11-8-24(9-12-26)21-41-31-44-32(43-25)46-33(45-31)54-23-37(38,39)40/h8-13,20H,4-7,14-19,21-23H2,1-3H3,(H,42,48)(H,49,50)(H2,41,43,44,45,46). The molecule has 0 aliphatic carbocycles. The van der Waals surface area contributed by atoms with Crippen LogP contribution in [0.3, 0.4) is 0 Å². The Hall–Kier alpha value is -5.55. The summed E-state index contributed by atoms with van der Waals surface area (Å²) in [5.74, 6) is -1.02. The largest absolute Gasteiger partial charge is 0.494 e. The number of anilines is 3. The molecular weight excluding hydrogens is 727 g/mol. The third kappa shape index (κ3) is 12.2. The lowest BCUT2D eigenvalue weighted by Gasteiger charge is -2.39. The number of aliphatic carboxylic acids is 1. The number of ether oxygens (including phenoxy) is 4. The molecule has 2 amide bonds. The Bertz CT molecular complexity index is 1800. The molecule has 3 aliphatic heterocycles. The number of rotatable bonds is 6. The zero-order chi connectivity index (χ0) is 39.6. The van der Waals surface area contributed by atoms with Gasteiger partial charge in [-0.05, 0) is 89.1 Å². The van der Waals surface area contributed by atoms with E-state index in [0.717, 1.165) is 24.8 Å². The summed E-state index contributed by atoms with van der Waals surface area (Å²) >= 11 is 0. The molecule has 0 atom stereocenters. The Balaban J connectivity index is 1.35. The highest BCUT2D eigenvalue weighted by Gasteiger charge is 2.43. The van der Waals surface area contributed by atoms with Crippen LogP contribution in [0, 0.1) is 5.41 Å². The highest BCUT2D eigenvalue weighted by Crippen LogP contribution is 2.33. The molecule has 15 nitrogen and oxygen atoms in total. The molecule has 298 valence electrons. The number of halogens is 3. The normalized spacial score (nSPS) is 16.5. The van der Waals surface area contributed by atoms with Gasteiger partial charge in [-0.1, -0.05) is 12.1 Å². The highest BCUT2D eigenvalue weighted by atomic mass is 19.4. The van der Waals surface area contributed by atoms with Crippen LogP contribution in [0.1, 0.15) is 75.2 Å². The van der Waals surface area contributed by atoms with Crippen LogP contribution in [0.25, 0.3) is 0 Å². The minimum Gasteiger partial charge on any atom is -0.494 e. The van der Waals surface area contributed by atoms with Crippen molar-refractivity contribution < 1.29 is 51.6 Å². The molecule has 18 heteroatoms. The number of aromatic nitrogens is 3. The topological polar surface area (TPSA) is 186 Å². The number of carboxylic acids is 1. The summed E-state index contributed by atoms with van der Waals surface area (Å²) in [6, 6.07) is 11.3. The number of hydrogen-bond acceptors (Lipinski definition) is 12. The summed E-state index contributed by atoms with van der Waals surface area (Å²) in [7, 11) is 0. The van der Waals surface area contributed by atoms with E-state index in [4.69, 9.17) is 18.9 Å². The maximum atomic E-state index is 13.6. The lowest BCUT2D eigenvalue weighted by Crippen LogP contribution is -2.52. The minimum atomic E-state index is -4.64. The van der Waals surface area contributed by atoms with Crippen LogP contribution >= 0.6 is 0 Å². The van der Waals surface area contributed by atoms with Crippen LogP contribution in [0.4, 0.5) is 35.5 Å². The van der Waals surface area contributed by atoms with Crippen molar-refractivity contribution in [2.24, 2.45) is 5.41 Å². The summed E-state index contributed by atoms with van der Waals surface area (Å²) in [6.45, 7) is 4.70. The maximum absolute atomic E-state index is 13.6. The number of amides is 2. The molecule has 55 heavy (non-hydrogen) atoms. The fourth-order valence-electron chi connectivity index (χ4n) is 5.81. The Morgan fingerprint density at radius 3 is 2.25 bits per heavy atom. The van der Waals surface area contributed by atoms with Gasteiger partial charge in [-0.15, -0.1) is 0 Å². The van der Waals surface area contributed by atoms with E-state index in [1.54, 1.807) is 20.8 Å². The molecule has 0 unspecified atom stereocenters. The predicted octanol–water partition coefficient (Wildman–Crippen LogP) is 6.33. The molecule has 4 N–H and O–H groups in total. The highest BCUT2D eigenvalue weighted by molar-refractivity contribution is 5.98. The summed E-state index contributed by atoms with van der Waals surface area (Å²) < 4.78 is 61.2. The summed E-state index contributed by atoms with van der Waals surface area (Å²) in [4.78, 5) is 52.5. The first-order valence-electron chi connectivity index (χ1n) is 18.0. The van der Waals surface area contributed by atoms with Crippen LogP contribution in [-0.2, 0) is 16.1 Å². The van der Waals surface area contributed by atoms with E-state index >= 15 is 0 Å². The number of carboxylic acid groups (broad SMARTS) is 1. The smallest absolute Gasteiger partial charge is 0.422 e. The zero-order valence-electron chi connectivity index (χ0n) is 31.0. The molecule has 2 aromatic carbocycles. The van der Waals surface area contributed by atoms with Crippen LogP contribution in [0.2, 0.25) is 0 Å². The second-order valence-corrected chi connectivity index (χ2v) is 14.3. The van der Waals surface area contributed by atoms with Crippen molar-refractivity contribution in [1.29, 1.82) is 0 Å². The first-order valence-corrected chi connectivity index (χ1v) is 18.0. The van der Waals surface area contributed by atoms with Gasteiger partial charge in [-0.2, -0.15) is 28.1 Å². The molecule has 4 heterocycles. The second-order valence-electron chi connectivity index (χ2n) is 14.3. The average molecular weight is 774 g/mol. The van der Waals surface area contributed by atoms with E-state index in [2.05, 4.69) is 30.9 Å². The van der Waals surface area contributed by atoms with Crippen LogP contribution in [0.5, 0.6) is 17.5 Å². The number of nitrogens with one attached hydrogen (secondary N) is 3. The molecule has 0 radical (unpaired) electrons. The summed E-state index contributed by atoms with van der Waals surface area (Å²) in [5.41, 5.74) is -0.729. The van der Waals surface area contributed by atoms with Gasteiger partial charge in [0.1, 0.15) is 17.1 Å². The average Bonchev–Trinajstić information content (AvgIpc) is 3.12. The lowest BCUT2D eigenvalue weighted by atomic mass is 9.78. The summed E-state index contributed by atoms with van der Waals surface area (Å²) in [6.07, 6.45) is -1.79. The van der Waals surface area contributed by atoms with Gasteiger partial charge in [0.25, 0.3) is 5.91 Å². The molecule has 0 spiro atoms. The quantitative estimate of drug-likeness (QED) is 0.218. The molecule has 6 bridgehead atoms. The van der Waals surface area contributed by atoms with Gasteiger partial charge < -0.3 is 44.9 Å². The number of hydrogen-bond donors (Lipinski definition) is 4. The molecule has 1 aromatic heterocycles. The summed E-state index contributed by atoms with van der Waals surface area (Å²) in [5, 5.41) is 18.9. The van der Waals surface area contributed by atoms with Crippen LogP contribution < -0.4 is 30.2 Å². The van der Waals surface area contributed by atoms with E-state index in [1.807, 2.05) is 24.3 Å². The van der Waals surface area contributed by atoms with Crippen LogP contribution in [0.15, 0.2) is 42.5 Å². The van der Waals surface area contributed by atoms with Gasteiger partial charge in [0.2, 0.25) is 11.9 Å². The number of nitrogens with zero attached hydrogens (tertiary/aromatic N) is 4. The molecular formula is C37H46F3N7O8. The van der Waals surface area contributed by atoms with Gasteiger partial charge in [-0.3, -0.25) is 9.59 Å². The van der Waals surface area contributed by atoms with Crippen molar-refractivity contribution >= 4 is 35.6 Å². The SMILES string of the molecule is CC(C)(C)OC(=O)N1CCC(CNC(=O)c2ccc3cc2OCCCCCCOc2ccc(cc2)CNc2nc(nc(OCC(F)(F)F)n2)N3)(C(=O)O)CC1. The number of likely N-dealkylation sites (tertiary alicyclic amines) is 1. The van der Waals surface area contributed by atoms with Crippen molar-refractivity contribution in [3.63, 3.8) is 0 Å². The van der Waals surface area contributed by atoms with Crippen molar-refractivity contribution in [3.8, 4) is 17.5 Å². The minimum absolute atomic E-state index is 0.0577. The molecule has 3 aromatic rings. The van der Waals surface area contributed by atoms with E-state index in [9.17, 15) is 32.7 Å². The van der Waals surface area contributed by atoms with Crippen LogP contribution in [-0.4, -0.2) is 94.2 Å². The first-order chi connectivity index (χ1) is 26.1. The van der Waals surface area contributed by atoms with E-state index in [-0.39, 0.29) is 68.8 Å². The van der Waals surface area contributed by atoms with Gasteiger partial charge in [0.15, 0.2) is 6.61 Å². The van der Waals surface area contributed by atoms with Gasteiger partial charge >= 0.3 is 24.2 Å². The van der Waals surface area contributed by atoms with E-state index < -0.39 is 47.8 Å². The van der Waals surface area contributed by atoms with Gasteiger partial charge in [0.05, 0.1) is 24.2 Å². The third-order valence-corrected chi connectivity index (χ3v) is 8.81. The van der Waals surface area contributed by atoms with Crippen molar-refractivity contribution in [3.05, 3.63) is 53.6 Å². The maximum Gasteiger partial charge on any atom is 0.422 e. The predicted molar refractivity (Wildman–Crippen MR) is 194 cm³/mol. The van der Waals surface area contributed by atoms with Gasteiger partial charge in [0, 0.05) is 37.9 Å². The Labute approximate surface area is 316 Å². The number of alkyl halides is 3. The Morgan fingerprint density at radius 1 is 0.927 bits per heavy atom. The first kappa shape index (κ1) is 40.6. The fraction of sp³-hybridized carbons (Fsp3) is 0.514. The molecule has 1 saturated heterocycles. The van der Waals surface area contributed by atoms with E-state index in [0.29, 0.717) is 24.5 Å². The van der Waals surface area contributed by atoms with Gasteiger partial charge in [-0.25, -0.2) is 4.79 Å². The number of benzene rings is 2. The molecule has 0 saturated carbocycles. The lowest BCUT2D eigenvalue weighted by molar-refractivity contribution is -0.154. The zero-order valence-corrected chi connectivity index (χ0v) is 31.0.